The highest BCUT2D eigenvalue weighted by Crippen LogP contribution is 2.36. The van der Waals surface area contributed by atoms with Gasteiger partial charge in [-0.3, -0.25) is 0 Å². The maximum Gasteiger partial charge on any atom is 0.423 e. The minimum absolute atomic E-state index is 0.799. The van der Waals surface area contributed by atoms with Crippen LogP contribution < -0.4 is 5.32 Å². The summed E-state index contributed by atoms with van der Waals surface area (Å²) in [6.07, 6.45) is -21.7. The third kappa shape index (κ3) is 8.14. The van der Waals surface area contributed by atoms with E-state index in [-0.39, 0.29) is 0 Å². The molecule has 0 amide bonds. The van der Waals surface area contributed by atoms with Gasteiger partial charge in [0.15, 0.2) is 0 Å². The van der Waals surface area contributed by atoms with Gasteiger partial charge in [0.1, 0.15) is 0 Å². The highest BCUT2D eigenvalue weighted by molar-refractivity contribution is 4.77. The predicted octanol–water partition coefficient (Wildman–Crippen LogP) is 3.04. The number of halogens is 9. The van der Waals surface area contributed by atoms with Crippen LogP contribution in [0.2, 0.25) is 0 Å². The lowest BCUT2D eigenvalue weighted by molar-refractivity contribution is -0.329. The van der Waals surface area contributed by atoms with Gasteiger partial charge < -0.3 is 10.1 Å². The second-order valence-corrected chi connectivity index (χ2v) is 3.66. The van der Waals surface area contributed by atoms with Crippen LogP contribution in [0.3, 0.4) is 0 Å². The van der Waals surface area contributed by atoms with E-state index in [1.165, 1.54) is 0 Å². The van der Waals surface area contributed by atoms with Crippen LogP contribution in [0, 0.1) is 0 Å². The fourth-order valence-electron chi connectivity index (χ4n) is 1.04. The molecule has 0 aromatic carbocycles. The molecular weight excluding hydrogens is 297 g/mol. The van der Waals surface area contributed by atoms with E-state index < -0.39 is 43.8 Å². The van der Waals surface area contributed by atoms with Gasteiger partial charge in [-0.2, -0.15) is 39.5 Å². The monoisotopic (exact) mass is 307 g/mol. The van der Waals surface area contributed by atoms with Crippen LogP contribution >= 0.6 is 0 Å². The van der Waals surface area contributed by atoms with Gasteiger partial charge in [0, 0.05) is 6.54 Å². The van der Waals surface area contributed by atoms with Gasteiger partial charge in [-0.1, -0.05) is 0 Å². The molecule has 0 aromatic rings. The van der Waals surface area contributed by atoms with Crippen LogP contribution in [0.5, 0.6) is 0 Å². The quantitative estimate of drug-likeness (QED) is 0.788. The molecule has 0 aliphatic carbocycles. The maximum absolute atomic E-state index is 12.0. The van der Waals surface area contributed by atoms with Gasteiger partial charge in [-0.05, 0) is 6.92 Å². The van der Waals surface area contributed by atoms with E-state index in [0.29, 0.717) is 0 Å². The molecular formula is C8H10F9NO. The van der Waals surface area contributed by atoms with E-state index in [2.05, 4.69) is 4.74 Å². The van der Waals surface area contributed by atoms with Gasteiger partial charge in [0.25, 0.3) is 0 Å². The van der Waals surface area contributed by atoms with Gasteiger partial charge >= 0.3 is 18.5 Å². The van der Waals surface area contributed by atoms with E-state index in [4.69, 9.17) is 0 Å². The van der Waals surface area contributed by atoms with Crippen molar-refractivity contribution < 1.29 is 44.3 Å². The molecule has 2 nitrogen and oxygen atoms in total. The highest BCUT2D eigenvalue weighted by Gasteiger charge is 2.58. The Kier molecular flexibility index (Phi) is 5.93. The second kappa shape index (κ2) is 6.16. The lowest BCUT2D eigenvalue weighted by atomic mass is 10.3. The second-order valence-electron chi connectivity index (χ2n) is 3.66. The van der Waals surface area contributed by atoms with E-state index in [1.807, 2.05) is 0 Å². The summed E-state index contributed by atoms with van der Waals surface area (Å²) in [6, 6.07) is 0. The number of alkyl halides is 9. The van der Waals surface area contributed by atoms with Gasteiger partial charge in [0.2, 0.25) is 6.10 Å². The summed E-state index contributed by atoms with van der Waals surface area (Å²) in [5.41, 5.74) is 0. The molecule has 0 heterocycles. The summed E-state index contributed by atoms with van der Waals surface area (Å²) >= 11 is 0. The van der Waals surface area contributed by atoms with Crippen LogP contribution in [-0.4, -0.2) is 43.8 Å². The van der Waals surface area contributed by atoms with E-state index in [9.17, 15) is 39.5 Å². The average Bonchev–Trinajstić information content (AvgIpc) is 2.08. The molecule has 0 fully saturated rings. The van der Waals surface area contributed by atoms with Crippen molar-refractivity contribution in [3.8, 4) is 0 Å². The van der Waals surface area contributed by atoms with E-state index in [0.717, 1.165) is 6.92 Å². The van der Waals surface area contributed by atoms with Crippen LogP contribution in [-0.2, 0) is 4.74 Å². The Hall–Kier alpha value is -0.710. The van der Waals surface area contributed by atoms with Crippen molar-refractivity contribution in [2.75, 3.05) is 13.1 Å². The van der Waals surface area contributed by atoms with Crippen LogP contribution in [0.4, 0.5) is 39.5 Å². The minimum Gasteiger partial charge on any atom is -0.357 e. The molecule has 1 unspecified atom stereocenters. The van der Waals surface area contributed by atoms with Crippen molar-refractivity contribution in [1.82, 2.24) is 5.32 Å². The molecule has 19 heavy (non-hydrogen) atoms. The molecule has 0 spiro atoms. The summed E-state index contributed by atoms with van der Waals surface area (Å²) < 4.78 is 111. The van der Waals surface area contributed by atoms with Gasteiger partial charge in [-0.25, -0.2) is 0 Å². The highest BCUT2D eigenvalue weighted by atomic mass is 19.4. The molecule has 0 radical (unpaired) electrons. The van der Waals surface area contributed by atoms with Crippen molar-refractivity contribution in [1.29, 1.82) is 0 Å². The smallest absolute Gasteiger partial charge is 0.357 e. The first-order valence-electron chi connectivity index (χ1n) is 4.80. The lowest BCUT2D eigenvalue weighted by Gasteiger charge is -2.26. The third-order valence-corrected chi connectivity index (χ3v) is 1.72. The summed E-state index contributed by atoms with van der Waals surface area (Å²) in [5.74, 6) is 0. The zero-order valence-corrected chi connectivity index (χ0v) is 9.38. The fraction of sp³-hybridized carbons (Fsp3) is 1.00. The lowest BCUT2D eigenvalue weighted by Crippen LogP contribution is -2.47. The molecule has 0 rings (SSSR count). The average molecular weight is 307 g/mol. The largest absolute Gasteiger partial charge is 0.423 e. The summed E-state index contributed by atoms with van der Waals surface area (Å²) in [6.45, 7) is -1.54. The zero-order valence-electron chi connectivity index (χ0n) is 9.38. The van der Waals surface area contributed by atoms with Crippen LogP contribution in [0.25, 0.3) is 0 Å². The fourth-order valence-corrected chi connectivity index (χ4v) is 1.04. The maximum atomic E-state index is 12.0. The molecule has 0 aliphatic heterocycles. The summed E-state index contributed by atoms with van der Waals surface area (Å²) in [5, 5.41) is 1.65. The van der Waals surface area contributed by atoms with E-state index in [1.54, 1.807) is 5.32 Å². The van der Waals surface area contributed by atoms with Crippen LogP contribution in [0.15, 0.2) is 0 Å². The van der Waals surface area contributed by atoms with Crippen molar-refractivity contribution in [3.05, 3.63) is 0 Å². The molecule has 0 bridgehead atoms. The molecule has 116 valence electrons. The van der Waals surface area contributed by atoms with Crippen molar-refractivity contribution >= 4 is 0 Å². The van der Waals surface area contributed by atoms with Gasteiger partial charge in [0.05, 0.1) is 12.6 Å². The van der Waals surface area contributed by atoms with Crippen LogP contribution in [0.1, 0.15) is 6.92 Å². The normalized spacial score (nSPS) is 15.9. The van der Waals surface area contributed by atoms with Crippen molar-refractivity contribution in [2.24, 2.45) is 0 Å². The van der Waals surface area contributed by atoms with Crippen molar-refractivity contribution in [3.63, 3.8) is 0 Å². The summed E-state index contributed by atoms with van der Waals surface area (Å²) in [7, 11) is 0. The van der Waals surface area contributed by atoms with E-state index >= 15 is 0 Å². The Balaban J connectivity index is 4.38. The first kappa shape index (κ1) is 18.3. The molecule has 0 aliphatic rings. The first-order chi connectivity index (χ1) is 8.23. The number of hydrogen-bond acceptors (Lipinski definition) is 2. The molecule has 0 saturated heterocycles. The number of hydrogen-bond donors (Lipinski definition) is 1. The Labute approximate surface area is 101 Å². The number of rotatable bonds is 5. The molecule has 1 atom stereocenters. The zero-order chi connectivity index (χ0) is 15.5. The SMILES string of the molecule is CC(CNCC(F)(F)F)OC(C(F)(F)F)C(F)(F)F. The third-order valence-electron chi connectivity index (χ3n) is 1.72. The topological polar surface area (TPSA) is 21.3 Å². The van der Waals surface area contributed by atoms with Crippen molar-refractivity contribution in [2.45, 2.75) is 37.7 Å². The number of ether oxygens (including phenoxy) is 1. The Morgan fingerprint density at radius 3 is 1.63 bits per heavy atom. The Bertz CT molecular complexity index is 255. The standard InChI is InChI=1S/C8H10F9NO/c1-4(2-18-3-6(9,10)11)19-5(7(12,13)14)8(15,16)17/h4-5,18H,2-3H2,1H3. The minimum atomic E-state index is -5.68. The molecule has 0 saturated carbocycles. The molecule has 1 N–H and O–H groups in total. The summed E-state index contributed by atoms with van der Waals surface area (Å²) in [4.78, 5) is 0. The number of nitrogens with one attached hydrogen (secondary N) is 1. The van der Waals surface area contributed by atoms with Gasteiger partial charge in [-0.15, -0.1) is 0 Å². The molecule has 11 heteroatoms. The first-order valence-corrected chi connectivity index (χ1v) is 4.80. The Morgan fingerprint density at radius 2 is 1.32 bits per heavy atom. The predicted molar refractivity (Wildman–Crippen MR) is 45.4 cm³/mol. The molecule has 0 aromatic heterocycles. The Morgan fingerprint density at radius 1 is 0.895 bits per heavy atom.